The van der Waals surface area contributed by atoms with Gasteiger partial charge in [0.2, 0.25) is 5.91 Å². The molecule has 110 valence electrons. The zero-order valence-electron chi connectivity index (χ0n) is 12.4. The monoisotopic (exact) mass is 277 g/mol. The van der Waals surface area contributed by atoms with E-state index in [9.17, 15) is 9.90 Å². The van der Waals surface area contributed by atoms with E-state index in [1.54, 1.807) is 7.11 Å². The highest BCUT2D eigenvalue weighted by Crippen LogP contribution is 2.25. The smallest absolute Gasteiger partial charge is 0.227 e. The Morgan fingerprint density at radius 2 is 2.25 bits per heavy atom. The molecule has 2 rings (SSSR count). The SMILES string of the molecule is COc1cc(CC(=O)N2CCC(C)C2CO)ccc1C. The van der Waals surface area contributed by atoms with Gasteiger partial charge in [0.1, 0.15) is 5.75 Å². The number of nitrogens with zero attached hydrogens (tertiary/aromatic N) is 1. The maximum absolute atomic E-state index is 12.4. The number of aliphatic hydroxyl groups is 1. The lowest BCUT2D eigenvalue weighted by molar-refractivity contribution is -0.132. The molecule has 0 bridgehead atoms. The van der Waals surface area contributed by atoms with Crippen LogP contribution in [0.5, 0.6) is 5.75 Å². The van der Waals surface area contributed by atoms with Gasteiger partial charge in [-0.3, -0.25) is 4.79 Å². The van der Waals surface area contributed by atoms with Gasteiger partial charge in [-0.15, -0.1) is 0 Å². The number of hydrogen-bond acceptors (Lipinski definition) is 3. The molecule has 2 atom stereocenters. The van der Waals surface area contributed by atoms with E-state index in [1.807, 2.05) is 30.0 Å². The fourth-order valence-corrected chi connectivity index (χ4v) is 2.85. The van der Waals surface area contributed by atoms with Gasteiger partial charge in [0.05, 0.1) is 26.2 Å². The topological polar surface area (TPSA) is 49.8 Å². The molecule has 4 heteroatoms. The molecule has 1 aromatic carbocycles. The van der Waals surface area contributed by atoms with Crippen molar-refractivity contribution in [2.75, 3.05) is 20.3 Å². The van der Waals surface area contributed by atoms with Crippen molar-refractivity contribution >= 4 is 5.91 Å². The van der Waals surface area contributed by atoms with Crippen molar-refractivity contribution in [3.8, 4) is 5.75 Å². The first kappa shape index (κ1) is 14.9. The summed E-state index contributed by atoms with van der Waals surface area (Å²) in [4.78, 5) is 14.2. The molecule has 1 amide bonds. The van der Waals surface area contributed by atoms with Gasteiger partial charge in [-0.05, 0) is 36.5 Å². The van der Waals surface area contributed by atoms with Gasteiger partial charge in [-0.1, -0.05) is 19.1 Å². The van der Waals surface area contributed by atoms with E-state index in [0.29, 0.717) is 12.3 Å². The maximum Gasteiger partial charge on any atom is 0.227 e. The fourth-order valence-electron chi connectivity index (χ4n) is 2.85. The Kier molecular flexibility index (Phi) is 4.65. The van der Waals surface area contributed by atoms with Gasteiger partial charge in [-0.2, -0.15) is 0 Å². The van der Waals surface area contributed by atoms with Crippen molar-refractivity contribution in [2.45, 2.75) is 32.7 Å². The maximum atomic E-state index is 12.4. The molecule has 1 fully saturated rings. The minimum atomic E-state index is -0.0326. The number of hydrogen-bond donors (Lipinski definition) is 1. The predicted octanol–water partition coefficient (Wildman–Crippen LogP) is 1.78. The molecule has 0 aliphatic carbocycles. The molecule has 4 nitrogen and oxygen atoms in total. The van der Waals surface area contributed by atoms with E-state index in [-0.39, 0.29) is 18.6 Å². The van der Waals surface area contributed by atoms with Crippen molar-refractivity contribution < 1.29 is 14.6 Å². The van der Waals surface area contributed by atoms with Crippen molar-refractivity contribution in [2.24, 2.45) is 5.92 Å². The Morgan fingerprint density at radius 3 is 2.90 bits per heavy atom. The highest BCUT2D eigenvalue weighted by atomic mass is 16.5. The van der Waals surface area contributed by atoms with Gasteiger partial charge in [0.25, 0.3) is 0 Å². The summed E-state index contributed by atoms with van der Waals surface area (Å²) in [5.41, 5.74) is 2.01. The Hall–Kier alpha value is -1.55. The third-order valence-corrected chi connectivity index (χ3v) is 4.22. The summed E-state index contributed by atoms with van der Waals surface area (Å²) in [7, 11) is 1.64. The van der Waals surface area contributed by atoms with Crippen LogP contribution in [0.25, 0.3) is 0 Å². The summed E-state index contributed by atoms with van der Waals surface area (Å²) in [5.74, 6) is 1.26. The van der Waals surface area contributed by atoms with E-state index in [2.05, 4.69) is 6.92 Å². The van der Waals surface area contributed by atoms with Crippen molar-refractivity contribution in [3.05, 3.63) is 29.3 Å². The second-order valence-corrected chi connectivity index (χ2v) is 5.58. The molecule has 1 aliphatic rings. The number of aryl methyl sites for hydroxylation is 1. The van der Waals surface area contributed by atoms with Crippen molar-refractivity contribution in [1.29, 1.82) is 0 Å². The van der Waals surface area contributed by atoms with Crippen LogP contribution in [0.4, 0.5) is 0 Å². The Labute approximate surface area is 120 Å². The lowest BCUT2D eigenvalue weighted by Gasteiger charge is -2.25. The molecule has 1 heterocycles. The number of ether oxygens (including phenoxy) is 1. The number of rotatable bonds is 4. The van der Waals surface area contributed by atoms with Crippen LogP contribution in [0.2, 0.25) is 0 Å². The number of carbonyl (C=O) groups excluding carboxylic acids is 1. The first-order chi connectivity index (χ1) is 9.56. The Bertz CT molecular complexity index is 487. The lowest BCUT2D eigenvalue weighted by Crippen LogP contribution is -2.40. The standard InChI is InChI=1S/C16H23NO3/c1-11-6-7-17(14(11)10-18)16(19)9-13-5-4-12(2)15(8-13)20-3/h4-5,8,11,14,18H,6-7,9-10H2,1-3H3. The van der Waals surface area contributed by atoms with Gasteiger partial charge >= 0.3 is 0 Å². The summed E-state index contributed by atoms with van der Waals surface area (Å²) < 4.78 is 5.29. The molecule has 0 radical (unpaired) electrons. The third-order valence-electron chi connectivity index (χ3n) is 4.22. The van der Waals surface area contributed by atoms with E-state index in [4.69, 9.17) is 4.74 Å². The van der Waals surface area contributed by atoms with Crippen LogP contribution in [0, 0.1) is 12.8 Å². The van der Waals surface area contributed by atoms with Crippen molar-refractivity contribution in [3.63, 3.8) is 0 Å². The first-order valence-electron chi connectivity index (χ1n) is 7.10. The molecule has 0 spiro atoms. The fraction of sp³-hybridized carbons (Fsp3) is 0.562. The molecule has 0 saturated carbocycles. The average molecular weight is 277 g/mol. The van der Waals surface area contributed by atoms with E-state index in [0.717, 1.165) is 29.8 Å². The number of amides is 1. The van der Waals surface area contributed by atoms with Crippen LogP contribution in [0.1, 0.15) is 24.5 Å². The van der Waals surface area contributed by atoms with E-state index in [1.165, 1.54) is 0 Å². The summed E-state index contributed by atoms with van der Waals surface area (Å²) >= 11 is 0. The average Bonchev–Trinajstić information content (AvgIpc) is 2.82. The van der Waals surface area contributed by atoms with Gasteiger partial charge in [0.15, 0.2) is 0 Å². The summed E-state index contributed by atoms with van der Waals surface area (Å²) in [6.45, 7) is 4.86. The van der Waals surface area contributed by atoms with Crippen LogP contribution in [-0.2, 0) is 11.2 Å². The van der Waals surface area contributed by atoms with E-state index < -0.39 is 0 Å². The molecular weight excluding hydrogens is 254 g/mol. The second kappa shape index (κ2) is 6.27. The van der Waals surface area contributed by atoms with Gasteiger partial charge in [-0.25, -0.2) is 0 Å². The summed E-state index contributed by atoms with van der Waals surface area (Å²) in [5, 5.41) is 9.43. The largest absolute Gasteiger partial charge is 0.496 e. The summed E-state index contributed by atoms with van der Waals surface area (Å²) in [6.07, 6.45) is 1.33. The highest BCUT2D eigenvalue weighted by Gasteiger charge is 2.33. The van der Waals surface area contributed by atoms with Gasteiger partial charge < -0.3 is 14.7 Å². The molecule has 1 aliphatic heterocycles. The number of aliphatic hydroxyl groups excluding tert-OH is 1. The van der Waals surface area contributed by atoms with Crippen LogP contribution in [0.15, 0.2) is 18.2 Å². The molecule has 20 heavy (non-hydrogen) atoms. The van der Waals surface area contributed by atoms with Gasteiger partial charge in [0, 0.05) is 6.54 Å². The molecule has 0 aromatic heterocycles. The summed E-state index contributed by atoms with van der Waals surface area (Å²) in [6, 6.07) is 5.82. The number of methoxy groups -OCH3 is 1. The minimum absolute atomic E-state index is 0.0326. The van der Waals surface area contributed by atoms with Crippen LogP contribution in [-0.4, -0.2) is 42.2 Å². The lowest BCUT2D eigenvalue weighted by atomic mass is 10.0. The molecule has 1 N–H and O–H groups in total. The zero-order chi connectivity index (χ0) is 14.7. The van der Waals surface area contributed by atoms with E-state index >= 15 is 0 Å². The minimum Gasteiger partial charge on any atom is -0.496 e. The molecule has 2 unspecified atom stereocenters. The second-order valence-electron chi connectivity index (χ2n) is 5.58. The zero-order valence-corrected chi connectivity index (χ0v) is 12.4. The third kappa shape index (κ3) is 2.96. The van der Waals surface area contributed by atoms with Crippen molar-refractivity contribution in [1.82, 2.24) is 4.90 Å². The number of likely N-dealkylation sites (tertiary alicyclic amines) is 1. The normalized spacial score (nSPS) is 22.1. The molecular formula is C16H23NO3. The molecule has 1 saturated heterocycles. The van der Waals surface area contributed by atoms with Crippen LogP contribution < -0.4 is 4.74 Å². The quantitative estimate of drug-likeness (QED) is 0.912. The molecule has 1 aromatic rings. The number of benzene rings is 1. The highest BCUT2D eigenvalue weighted by molar-refractivity contribution is 5.79. The Morgan fingerprint density at radius 1 is 1.50 bits per heavy atom. The first-order valence-corrected chi connectivity index (χ1v) is 7.10. The van der Waals surface area contributed by atoms with Crippen LogP contribution >= 0.6 is 0 Å². The van der Waals surface area contributed by atoms with Crippen LogP contribution in [0.3, 0.4) is 0 Å². The number of carbonyl (C=O) groups is 1. The Balaban J connectivity index is 2.08. The predicted molar refractivity (Wildman–Crippen MR) is 77.8 cm³/mol.